The number of anilines is 1. The molecular formula is C17H18N4O2. The van der Waals surface area contributed by atoms with E-state index < -0.39 is 0 Å². The van der Waals surface area contributed by atoms with Gasteiger partial charge in [-0.3, -0.25) is 0 Å². The zero-order chi connectivity index (χ0) is 16.2. The fraction of sp³-hybridized carbons (Fsp3) is 0.353. The van der Waals surface area contributed by atoms with Gasteiger partial charge < -0.3 is 15.2 Å². The number of phenolic OH excluding ortho intramolecular Hbond substituents is 1. The number of terminal acetylenes is 1. The predicted octanol–water partition coefficient (Wildman–Crippen LogP) is 2.12. The van der Waals surface area contributed by atoms with Crippen molar-refractivity contribution in [3.05, 3.63) is 29.5 Å². The van der Waals surface area contributed by atoms with Crippen molar-refractivity contribution in [2.45, 2.75) is 25.9 Å². The summed E-state index contributed by atoms with van der Waals surface area (Å²) in [6.07, 6.45) is 7.67. The first-order valence-corrected chi connectivity index (χ1v) is 7.54. The van der Waals surface area contributed by atoms with Gasteiger partial charge in [0.15, 0.2) is 0 Å². The van der Waals surface area contributed by atoms with E-state index in [0.29, 0.717) is 35.0 Å². The molecule has 1 saturated heterocycles. The fourth-order valence-electron chi connectivity index (χ4n) is 2.56. The van der Waals surface area contributed by atoms with Gasteiger partial charge in [0.25, 0.3) is 0 Å². The molecule has 2 N–H and O–H groups in total. The third kappa shape index (κ3) is 3.41. The standard InChI is InChI=1S/C17H18N4O2/c1-3-12-6-7-14(15(22)9-12)16-11(2)19-17(21-20-16)18-10-13-5-4-8-23-13/h1,6-7,9,13,22H,4-5,8,10H2,2H3,(H,18,19,21). The van der Waals surface area contributed by atoms with Crippen LogP contribution in [0.15, 0.2) is 18.2 Å². The Morgan fingerprint density at radius 1 is 1.43 bits per heavy atom. The predicted molar refractivity (Wildman–Crippen MR) is 87.1 cm³/mol. The van der Waals surface area contributed by atoms with Crippen LogP contribution in [0, 0.1) is 19.3 Å². The Balaban J connectivity index is 1.77. The molecule has 1 fully saturated rings. The Morgan fingerprint density at radius 3 is 2.96 bits per heavy atom. The Morgan fingerprint density at radius 2 is 2.30 bits per heavy atom. The van der Waals surface area contributed by atoms with Gasteiger partial charge in [-0.05, 0) is 38.0 Å². The van der Waals surface area contributed by atoms with Crippen molar-refractivity contribution in [3.63, 3.8) is 0 Å². The Labute approximate surface area is 134 Å². The molecule has 23 heavy (non-hydrogen) atoms. The highest BCUT2D eigenvalue weighted by Gasteiger charge is 2.16. The van der Waals surface area contributed by atoms with Crippen molar-refractivity contribution in [2.24, 2.45) is 0 Å². The molecule has 2 aromatic rings. The minimum atomic E-state index is 0.0692. The molecule has 1 aromatic carbocycles. The summed E-state index contributed by atoms with van der Waals surface area (Å²) < 4.78 is 5.55. The highest BCUT2D eigenvalue weighted by atomic mass is 16.5. The molecule has 1 aromatic heterocycles. The normalized spacial score (nSPS) is 17.0. The maximum atomic E-state index is 10.1. The Bertz CT molecular complexity index is 749. The molecular weight excluding hydrogens is 292 g/mol. The van der Waals surface area contributed by atoms with E-state index in [1.165, 1.54) is 6.07 Å². The molecule has 0 spiro atoms. The molecule has 6 nitrogen and oxygen atoms in total. The van der Waals surface area contributed by atoms with Crippen LogP contribution in [0.1, 0.15) is 24.1 Å². The molecule has 0 aliphatic carbocycles. The van der Waals surface area contributed by atoms with Crippen molar-refractivity contribution in [3.8, 4) is 29.4 Å². The van der Waals surface area contributed by atoms with Crippen LogP contribution in [-0.2, 0) is 4.74 Å². The highest BCUT2D eigenvalue weighted by molar-refractivity contribution is 5.69. The monoisotopic (exact) mass is 310 g/mol. The SMILES string of the molecule is C#Cc1ccc(-c2nnc(NCC3CCCO3)nc2C)c(O)c1. The molecule has 0 amide bonds. The van der Waals surface area contributed by atoms with Crippen LogP contribution in [0.3, 0.4) is 0 Å². The Kier molecular flexibility index (Phi) is 4.40. The summed E-state index contributed by atoms with van der Waals surface area (Å²) in [7, 11) is 0. The van der Waals surface area contributed by atoms with E-state index in [0.717, 1.165) is 19.4 Å². The molecule has 118 valence electrons. The molecule has 3 rings (SSSR count). The van der Waals surface area contributed by atoms with E-state index in [9.17, 15) is 5.11 Å². The number of ether oxygens (including phenoxy) is 1. The first-order valence-electron chi connectivity index (χ1n) is 7.54. The third-order valence-corrected chi connectivity index (χ3v) is 3.79. The number of nitrogens with one attached hydrogen (secondary N) is 1. The number of nitrogens with zero attached hydrogens (tertiary/aromatic N) is 3. The van der Waals surface area contributed by atoms with Gasteiger partial charge in [-0.1, -0.05) is 5.92 Å². The van der Waals surface area contributed by atoms with Crippen molar-refractivity contribution < 1.29 is 9.84 Å². The third-order valence-electron chi connectivity index (χ3n) is 3.79. The van der Waals surface area contributed by atoms with Gasteiger partial charge in [0.05, 0.1) is 11.8 Å². The minimum absolute atomic E-state index is 0.0692. The van der Waals surface area contributed by atoms with E-state index in [1.54, 1.807) is 12.1 Å². The highest BCUT2D eigenvalue weighted by Crippen LogP contribution is 2.29. The van der Waals surface area contributed by atoms with Gasteiger partial charge in [-0.25, -0.2) is 4.98 Å². The van der Waals surface area contributed by atoms with Gasteiger partial charge in [-0.2, -0.15) is 0 Å². The molecule has 2 heterocycles. The minimum Gasteiger partial charge on any atom is -0.507 e. The van der Waals surface area contributed by atoms with Crippen LogP contribution in [0.25, 0.3) is 11.3 Å². The van der Waals surface area contributed by atoms with E-state index in [1.807, 2.05) is 6.92 Å². The van der Waals surface area contributed by atoms with Crippen molar-refractivity contribution >= 4 is 5.95 Å². The number of aromatic nitrogens is 3. The number of phenols is 1. The van der Waals surface area contributed by atoms with Crippen molar-refractivity contribution in [2.75, 3.05) is 18.5 Å². The van der Waals surface area contributed by atoms with Gasteiger partial charge >= 0.3 is 0 Å². The second kappa shape index (κ2) is 6.63. The largest absolute Gasteiger partial charge is 0.507 e. The molecule has 1 aliphatic rings. The summed E-state index contributed by atoms with van der Waals surface area (Å²) >= 11 is 0. The lowest BCUT2D eigenvalue weighted by atomic mass is 10.1. The molecule has 1 unspecified atom stereocenters. The van der Waals surface area contributed by atoms with E-state index in [-0.39, 0.29) is 11.9 Å². The molecule has 1 atom stereocenters. The average molecular weight is 310 g/mol. The lowest BCUT2D eigenvalue weighted by Gasteiger charge is -2.12. The summed E-state index contributed by atoms with van der Waals surface area (Å²) in [5.74, 6) is 3.01. The average Bonchev–Trinajstić information content (AvgIpc) is 3.07. The number of benzene rings is 1. The lowest BCUT2D eigenvalue weighted by Crippen LogP contribution is -2.20. The van der Waals surface area contributed by atoms with Crippen LogP contribution in [-0.4, -0.2) is 39.5 Å². The summed E-state index contributed by atoms with van der Waals surface area (Å²) in [6.45, 7) is 3.31. The molecule has 0 radical (unpaired) electrons. The summed E-state index contributed by atoms with van der Waals surface area (Å²) in [6, 6.07) is 5.00. The van der Waals surface area contributed by atoms with E-state index in [4.69, 9.17) is 11.2 Å². The Hall–Kier alpha value is -2.65. The summed E-state index contributed by atoms with van der Waals surface area (Å²) in [5, 5.41) is 21.5. The molecule has 6 heteroatoms. The first kappa shape index (κ1) is 15.3. The van der Waals surface area contributed by atoms with E-state index in [2.05, 4.69) is 26.4 Å². The number of aryl methyl sites for hydroxylation is 1. The molecule has 0 bridgehead atoms. The topological polar surface area (TPSA) is 80.2 Å². The summed E-state index contributed by atoms with van der Waals surface area (Å²) in [4.78, 5) is 4.40. The van der Waals surface area contributed by atoms with Crippen LogP contribution < -0.4 is 5.32 Å². The molecule has 0 saturated carbocycles. The maximum Gasteiger partial charge on any atom is 0.243 e. The smallest absolute Gasteiger partial charge is 0.243 e. The number of rotatable bonds is 4. The van der Waals surface area contributed by atoms with Gasteiger partial charge in [0, 0.05) is 24.3 Å². The first-order chi connectivity index (χ1) is 11.2. The number of aromatic hydroxyl groups is 1. The number of hydrogen-bond acceptors (Lipinski definition) is 6. The number of hydrogen-bond donors (Lipinski definition) is 2. The van der Waals surface area contributed by atoms with Crippen LogP contribution in [0.4, 0.5) is 5.95 Å². The second-order valence-electron chi connectivity index (χ2n) is 5.46. The fourth-order valence-corrected chi connectivity index (χ4v) is 2.56. The quantitative estimate of drug-likeness (QED) is 0.842. The van der Waals surface area contributed by atoms with Gasteiger partial charge in [0.2, 0.25) is 5.95 Å². The molecule has 1 aliphatic heterocycles. The van der Waals surface area contributed by atoms with Crippen molar-refractivity contribution in [1.29, 1.82) is 0 Å². The summed E-state index contributed by atoms with van der Waals surface area (Å²) in [5.41, 5.74) is 2.39. The van der Waals surface area contributed by atoms with Crippen LogP contribution in [0.2, 0.25) is 0 Å². The maximum absolute atomic E-state index is 10.1. The zero-order valence-electron chi connectivity index (χ0n) is 12.9. The second-order valence-corrected chi connectivity index (χ2v) is 5.46. The van der Waals surface area contributed by atoms with Crippen molar-refractivity contribution in [1.82, 2.24) is 15.2 Å². The van der Waals surface area contributed by atoms with E-state index >= 15 is 0 Å². The van der Waals surface area contributed by atoms with Gasteiger partial charge in [0.1, 0.15) is 11.4 Å². The van der Waals surface area contributed by atoms with Crippen LogP contribution >= 0.6 is 0 Å². The lowest BCUT2D eigenvalue weighted by molar-refractivity contribution is 0.120. The van der Waals surface area contributed by atoms with Gasteiger partial charge in [-0.15, -0.1) is 16.6 Å². The van der Waals surface area contributed by atoms with Crippen LogP contribution in [0.5, 0.6) is 5.75 Å². The zero-order valence-corrected chi connectivity index (χ0v) is 12.9.